The first-order chi connectivity index (χ1) is 8.79. The second kappa shape index (κ2) is 4.46. The summed E-state index contributed by atoms with van der Waals surface area (Å²) in [6.07, 6.45) is 5.24. The fourth-order valence-electron chi connectivity index (χ4n) is 2.50. The highest BCUT2D eigenvalue weighted by molar-refractivity contribution is 5.66. The van der Waals surface area contributed by atoms with E-state index in [1.165, 1.54) is 0 Å². The van der Waals surface area contributed by atoms with Gasteiger partial charge in [0.05, 0.1) is 19.0 Å². The number of nitrogens with two attached hydrogens (primary N) is 1. The summed E-state index contributed by atoms with van der Waals surface area (Å²) in [4.78, 5) is 4.68. The van der Waals surface area contributed by atoms with Crippen LogP contribution in [0.2, 0.25) is 0 Å². The number of imidazole rings is 1. The van der Waals surface area contributed by atoms with Gasteiger partial charge in [0, 0.05) is 18.2 Å². The third-order valence-corrected chi connectivity index (χ3v) is 3.45. The van der Waals surface area contributed by atoms with Gasteiger partial charge in [-0.15, -0.1) is 0 Å². The van der Waals surface area contributed by atoms with E-state index >= 15 is 0 Å². The SMILES string of the molecule is COc1ccccc1-c1cn2c(n1)CCCC2N. The summed E-state index contributed by atoms with van der Waals surface area (Å²) in [5, 5.41) is 0. The Morgan fingerprint density at radius 2 is 2.22 bits per heavy atom. The molecule has 0 spiro atoms. The zero-order valence-electron chi connectivity index (χ0n) is 10.5. The summed E-state index contributed by atoms with van der Waals surface area (Å²) in [5.41, 5.74) is 8.07. The number of nitrogens with zero attached hydrogens (tertiary/aromatic N) is 2. The van der Waals surface area contributed by atoms with Crippen LogP contribution in [0.5, 0.6) is 5.75 Å². The first kappa shape index (κ1) is 11.3. The van der Waals surface area contributed by atoms with Crippen molar-refractivity contribution in [3.63, 3.8) is 0 Å². The van der Waals surface area contributed by atoms with Gasteiger partial charge in [0.2, 0.25) is 0 Å². The molecule has 0 fully saturated rings. The van der Waals surface area contributed by atoms with Crippen LogP contribution in [0.4, 0.5) is 0 Å². The zero-order valence-corrected chi connectivity index (χ0v) is 10.5. The normalized spacial score (nSPS) is 18.4. The van der Waals surface area contributed by atoms with E-state index in [1.54, 1.807) is 7.11 Å². The minimum Gasteiger partial charge on any atom is -0.496 e. The molecule has 0 saturated heterocycles. The Morgan fingerprint density at radius 3 is 3.00 bits per heavy atom. The summed E-state index contributed by atoms with van der Waals surface area (Å²) in [6.45, 7) is 0. The highest BCUT2D eigenvalue weighted by Gasteiger charge is 2.19. The van der Waals surface area contributed by atoms with Gasteiger partial charge in [-0.05, 0) is 25.0 Å². The number of ether oxygens (including phenoxy) is 1. The lowest BCUT2D eigenvalue weighted by Gasteiger charge is -2.20. The number of rotatable bonds is 2. The summed E-state index contributed by atoms with van der Waals surface area (Å²) in [5.74, 6) is 1.93. The van der Waals surface area contributed by atoms with Gasteiger partial charge in [-0.25, -0.2) is 4.98 Å². The molecule has 2 heterocycles. The zero-order chi connectivity index (χ0) is 12.5. The van der Waals surface area contributed by atoms with Crippen molar-refractivity contribution < 1.29 is 4.74 Å². The molecule has 1 aromatic carbocycles. The van der Waals surface area contributed by atoms with Crippen LogP contribution < -0.4 is 10.5 Å². The van der Waals surface area contributed by atoms with Gasteiger partial charge >= 0.3 is 0 Å². The number of fused-ring (bicyclic) bond motifs is 1. The number of benzene rings is 1. The maximum absolute atomic E-state index is 6.10. The third kappa shape index (κ3) is 1.78. The molecular formula is C14H17N3O. The molecular weight excluding hydrogens is 226 g/mol. The van der Waals surface area contributed by atoms with E-state index in [0.717, 1.165) is 42.1 Å². The van der Waals surface area contributed by atoms with Crippen LogP contribution in [0.3, 0.4) is 0 Å². The molecule has 0 amide bonds. The van der Waals surface area contributed by atoms with Crippen molar-refractivity contribution in [2.75, 3.05) is 7.11 Å². The number of hydrogen-bond acceptors (Lipinski definition) is 3. The summed E-state index contributed by atoms with van der Waals surface area (Å²) in [7, 11) is 1.68. The standard InChI is InChI=1S/C14H17N3O/c1-18-12-6-3-2-5-10(12)11-9-17-13(15)7-4-8-14(17)16-11/h2-3,5-6,9,13H,4,7-8,15H2,1H3. The Bertz CT molecular complexity index is 562. The fraction of sp³-hybridized carbons (Fsp3) is 0.357. The molecule has 1 unspecified atom stereocenters. The molecule has 2 aromatic rings. The van der Waals surface area contributed by atoms with E-state index < -0.39 is 0 Å². The molecule has 0 saturated carbocycles. The topological polar surface area (TPSA) is 53.1 Å². The third-order valence-electron chi connectivity index (χ3n) is 3.45. The van der Waals surface area contributed by atoms with Crippen LogP contribution in [0.1, 0.15) is 24.8 Å². The average molecular weight is 243 g/mol. The number of methoxy groups -OCH3 is 1. The Kier molecular flexibility index (Phi) is 2.80. The predicted molar refractivity (Wildman–Crippen MR) is 70.4 cm³/mol. The van der Waals surface area contributed by atoms with Gasteiger partial charge in [-0.1, -0.05) is 12.1 Å². The van der Waals surface area contributed by atoms with Gasteiger partial charge in [-0.2, -0.15) is 0 Å². The quantitative estimate of drug-likeness (QED) is 0.880. The maximum Gasteiger partial charge on any atom is 0.128 e. The summed E-state index contributed by atoms with van der Waals surface area (Å²) in [6, 6.07) is 7.94. The van der Waals surface area contributed by atoms with E-state index in [9.17, 15) is 0 Å². The van der Waals surface area contributed by atoms with Crippen LogP contribution in [0, 0.1) is 0 Å². The number of hydrogen-bond donors (Lipinski definition) is 1. The van der Waals surface area contributed by atoms with Crippen LogP contribution >= 0.6 is 0 Å². The molecule has 4 nitrogen and oxygen atoms in total. The summed E-state index contributed by atoms with van der Waals surface area (Å²) < 4.78 is 7.47. The molecule has 1 atom stereocenters. The Labute approximate surface area is 106 Å². The van der Waals surface area contributed by atoms with E-state index in [-0.39, 0.29) is 6.17 Å². The van der Waals surface area contributed by atoms with Crippen molar-refractivity contribution in [2.24, 2.45) is 5.73 Å². The number of para-hydroxylation sites is 1. The van der Waals surface area contributed by atoms with E-state index in [4.69, 9.17) is 10.5 Å². The van der Waals surface area contributed by atoms with E-state index in [1.807, 2.05) is 30.5 Å². The molecule has 1 aliphatic heterocycles. The molecule has 0 radical (unpaired) electrons. The molecule has 0 bridgehead atoms. The van der Waals surface area contributed by atoms with E-state index in [2.05, 4.69) is 9.55 Å². The monoisotopic (exact) mass is 243 g/mol. The maximum atomic E-state index is 6.10. The van der Waals surface area contributed by atoms with Gasteiger partial charge in [0.25, 0.3) is 0 Å². The molecule has 1 aromatic heterocycles. The molecule has 94 valence electrons. The summed E-state index contributed by atoms with van der Waals surface area (Å²) >= 11 is 0. The second-order valence-electron chi connectivity index (χ2n) is 4.61. The average Bonchev–Trinajstić information content (AvgIpc) is 2.84. The van der Waals surface area contributed by atoms with Crippen LogP contribution in [-0.2, 0) is 6.42 Å². The molecule has 18 heavy (non-hydrogen) atoms. The molecule has 3 rings (SSSR count). The lowest BCUT2D eigenvalue weighted by Crippen LogP contribution is -2.24. The second-order valence-corrected chi connectivity index (χ2v) is 4.61. The van der Waals surface area contributed by atoms with E-state index in [0.29, 0.717) is 0 Å². The highest BCUT2D eigenvalue weighted by atomic mass is 16.5. The fourth-order valence-corrected chi connectivity index (χ4v) is 2.50. The highest BCUT2D eigenvalue weighted by Crippen LogP contribution is 2.31. The van der Waals surface area contributed by atoms with Crippen molar-refractivity contribution in [3.05, 3.63) is 36.3 Å². The largest absolute Gasteiger partial charge is 0.496 e. The minimum absolute atomic E-state index is 0.0599. The molecule has 0 aliphatic carbocycles. The minimum atomic E-state index is 0.0599. The predicted octanol–water partition coefficient (Wildman–Crippen LogP) is 2.35. The van der Waals surface area contributed by atoms with Gasteiger partial charge in [-0.3, -0.25) is 0 Å². The van der Waals surface area contributed by atoms with Gasteiger partial charge in [0.1, 0.15) is 11.6 Å². The van der Waals surface area contributed by atoms with Crippen molar-refractivity contribution in [2.45, 2.75) is 25.4 Å². The number of aryl methyl sites for hydroxylation is 1. The first-order valence-electron chi connectivity index (χ1n) is 6.26. The van der Waals surface area contributed by atoms with Crippen LogP contribution in [-0.4, -0.2) is 16.7 Å². The Balaban J connectivity index is 2.07. The van der Waals surface area contributed by atoms with Crippen molar-refractivity contribution >= 4 is 0 Å². The lowest BCUT2D eigenvalue weighted by molar-refractivity contribution is 0.408. The molecule has 1 aliphatic rings. The Morgan fingerprint density at radius 1 is 1.39 bits per heavy atom. The number of aromatic nitrogens is 2. The molecule has 2 N–H and O–H groups in total. The van der Waals surface area contributed by atoms with Gasteiger partial charge < -0.3 is 15.0 Å². The van der Waals surface area contributed by atoms with Crippen LogP contribution in [0.25, 0.3) is 11.3 Å². The lowest BCUT2D eigenvalue weighted by atomic mass is 10.1. The Hall–Kier alpha value is -1.81. The van der Waals surface area contributed by atoms with Gasteiger partial charge in [0.15, 0.2) is 0 Å². The first-order valence-corrected chi connectivity index (χ1v) is 6.26. The molecule has 4 heteroatoms. The smallest absolute Gasteiger partial charge is 0.128 e. The van der Waals surface area contributed by atoms with Crippen LogP contribution in [0.15, 0.2) is 30.5 Å². The van der Waals surface area contributed by atoms with Crippen molar-refractivity contribution in [3.8, 4) is 17.0 Å². The van der Waals surface area contributed by atoms with Crippen molar-refractivity contribution in [1.82, 2.24) is 9.55 Å². The van der Waals surface area contributed by atoms with Crippen molar-refractivity contribution in [1.29, 1.82) is 0 Å².